The zero-order valence-corrected chi connectivity index (χ0v) is 14.4. The van der Waals surface area contributed by atoms with Crippen LogP contribution in [-0.2, 0) is 0 Å². The van der Waals surface area contributed by atoms with Gasteiger partial charge in [-0.2, -0.15) is 0 Å². The fourth-order valence-corrected chi connectivity index (χ4v) is 2.97. The Balaban J connectivity index is 0.000000924. The molecule has 2 aliphatic heterocycles. The van der Waals surface area contributed by atoms with Crippen LogP contribution >= 0.6 is 0 Å². The van der Waals surface area contributed by atoms with Gasteiger partial charge in [-0.15, -0.1) is 0 Å². The van der Waals surface area contributed by atoms with E-state index in [9.17, 15) is 9.59 Å². The highest BCUT2D eigenvalue weighted by Crippen LogP contribution is 2.22. The number of imide groups is 1. The lowest BCUT2D eigenvalue weighted by atomic mass is 10.1. The van der Waals surface area contributed by atoms with E-state index in [0.717, 1.165) is 39.1 Å². The van der Waals surface area contributed by atoms with Crippen LogP contribution < -0.4 is 0 Å². The summed E-state index contributed by atoms with van der Waals surface area (Å²) in [7, 11) is 2.14. The Kier molecular flexibility index (Phi) is 6.30. The minimum absolute atomic E-state index is 0.144. The fraction of sp³-hybridized carbons (Fsp3) is 0.556. The molecule has 0 spiro atoms. The summed E-state index contributed by atoms with van der Waals surface area (Å²) in [6.07, 6.45) is 0.842. The van der Waals surface area contributed by atoms with Gasteiger partial charge in [0.05, 0.1) is 11.1 Å². The van der Waals surface area contributed by atoms with Crippen LogP contribution in [-0.4, -0.2) is 72.8 Å². The normalized spacial score (nSPS) is 18.7. The molecule has 1 aromatic carbocycles. The number of piperazine rings is 1. The van der Waals surface area contributed by atoms with Crippen molar-refractivity contribution < 1.29 is 9.59 Å². The van der Waals surface area contributed by atoms with Crippen molar-refractivity contribution in [2.24, 2.45) is 0 Å². The van der Waals surface area contributed by atoms with Crippen LogP contribution in [0.25, 0.3) is 0 Å². The molecule has 2 amide bonds. The molecule has 1 fully saturated rings. The molecule has 0 aromatic heterocycles. The average molecular weight is 317 g/mol. The molecule has 23 heavy (non-hydrogen) atoms. The molecule has 2 heterocycles. The minimum Gasteiger partial charge on any atom is -0.304 e. The highest BCUT2D eigenvalue weighted by atomic mass is 16.2. The van der Waals surface area contributed by atoms with E-state index in [2.05, 4.69) is 16.8 Å². The van der Waals surface area contributed by atoms with E-state index in [1.165, 1.54) is 4.90 Å². The molecular formula is C18H27N3O2. The first-order valence-corrected chi connectivity index (χ1v) is 8.53. The fourth-order valence-electron chi connectivity index (χ4n) is 2.97. The largest absolute Gasteiger partial charge is 0.304 e. The van der Waals surface area contributed by atoms with E-state index in [1.807, 2.05) is 13.8 Å². The summed E-state index contributed by atoms with van der Waals surface area (Å²) >= 11 is 0. The van der Waals surface area contributed by atoms with Crippen molar-refractivity contribution in [1.82, 2.24) is 14.7 Å². The molecule has 1 saturated heterocycles. The summed E-state index contributed by atoms with van der Waals surface area (Å²) in [6, 6.07) is 7.07. The van der Waals surface area contributed by atoms with Gasteiger partial charge in [-0.25, -0.2) is 0 Å². The van der Waals surface area contributed by atoms with Crippen LogP contribution in [0.3, 0.4) is 0 Å². The third-order valence-electron chi connectivity index (χ3n) is 4.33. The zero-order chi connectivity index (χ0) is 16.8. The summed E-state index contributed by atoms with van der Waals surface area (Å²) in [5.41, 5.74) is 1.09. The van der Waals surface area contributed by atoms with E-state index in [1.54, 1.807) is 24.3 Å². The predicted molar refractivity (Wildman–Crippen MR) is 91.7 cm³/mol. The number of fused-ring (bicyclic) bond motifs is 1. The Labute approximate surface area is 138 Å². The van der Waals surface area contributed by atoms with Crippen LogP contribution in [0, 0.1) is 0 Å². The van der Waals surface area contributed by atoms with Crippen molar-refractivity contribution >= 4 is 11.8 Å². The van der Waals surface area contributed by atoms with Gasteiger partial charge < -0.3 is 9.80 Å². The average Bonchev–Trinajstić information content (AvgIpc) is 2.84. The summed E-state index contributed by atoms with van der Waals surface area (Å²) in [4.78, 5) is 30.5. The highest BCUT2D eigenvalue weighted by Gasteiger charge is 2.34. The van der Waals surface area contributed by atoms with Crippen molar-refractivity contribution in [3.63, 3.8) is 0 Å². The van der Waals surface area contributed by atoms with E-state index in [4.69, 9.17) is 0 Å². The van der Waals surface area contributed by atoms with Gasteiger partial charge >= 0.3 is 0 Å². The molecule has 0 unspecified atom stereocenters. The molecule has 0 atom stereocenters. The molecule has 0 bridgehead atoms. The summed E-state index contributed by atoms with van der Waals surface area (Å²) in [5.74, 6) is -0.289. The Morgan fingerprint density at radius 3 is 1.91 bits per heavy atom. The number of hydrogen-bond donors (Lipinski definition) is 0. The number of amides is 2. The van der Waals surface area contributed by atoms with Crippen molar-refractivity contribution in [3.05, 3.63) is 35.4 Å². The predicted octanol–water partition coefficient (Wildman–Crippen LogP) is 1.95. The van der Waals surface area contributed by atoms with Crippen LogP contribution in [0.1, 0.15) is 41.0 Å². The van der Waals surface area contributed by atoms with Crippen LogP contribution in [0.15, 0.2) is 24.3 Å². The second kappa shape index (κ2) is 8.22. The number of rotatable bonds is 4. The van der Waals surface area contributed by atoms with Crippen molar-refractivity contribution in [2.75, 3.05) is 46.3 Å². The lowest BCUT2D eigenvalue weighted by Crippen LogP contribution is -2.45. The number of carbonyl (C=O) groups excluding carboxylic acids is 2. The molecule has 126 valence electrons. The molecular weight excluding hydrogens is 290 g/mol. The number of hydrogen-bond acceptors (Lipinski definition) is 4. The first-order chi connectivity index (χ1) is 11.2. The summed E-state index contributed by atoms with van der Waals surface area (Å²) in [6.45, 7) is 9.78. The molecule has 0 radical (unpaired) electrons. The van der Waals surface area contributed by atoms with Gasteiger partial charge in [-0.1, -0.05) is 26.0 Å². The summed E-state index contributed by atoms with van der Waals surface area (Å²) < 4.78 is 0. The van der Waals surface area contributed by atoms with Crippen LogP contribution in [0.4, 0.5) is 0 Å². The van der Waals surface area contributed by atoms with Gasteiger partial charge in [0.15, 0.2) is 0 Å². The van der Waals surface area contributed by atoms with Gasteiger partial charge in [0.1, 0.15) is 0 Å². The number of benzene rings is 1. The second-order valence-corrected chi connectivity index (χ2v) is 5.81. The second-order valence-electron chi connectivity index (χ2n) is 5.81. The molecule has 2 aliphatic rings. The number of nitrogens with zero attached hydrogens (tertiary/aromatic N) is 3. The monoisotopic (exact) mass is 317 g/mol. The third-order valence-corrected chi connectivity index (χ3v) is 4.33. The molecule has 5 nitrogen and oxygen atoms in total. The first-order valence-electron chi connectivity index (χ1n) is 8.53. The molecule has 5 heteroatoms. The van der Waals surface area contributed by atoms with Gasteiger partial charge in [-0.3, -0.25) is 14.5 Å². The quantitative estimate of drug-likeness (QED) is 0.796. The maximum atomic E-state index is 12.2. The van der Waals surface area contributed by atoms with Gasteiger partial charge in [0.25, 0.3) is 11.8 Å². The Morgan fingerprint density at radius 1 is 0.870 bits per heavy atom. The van der Waals surface area contributed by atoms with Gasteiger partial charge in [-0.05, 0) is 32.1 Å². The summed E-state index contributed by atoms with van der Waals surface area (Å²) in [5, 5.41) is 0. The van der Waals surface area contributed by atoms with Crippen LogP contribution in [0.2, 0.25) is 0 Å². The maximum absolute atomic E-state index is 12.2. The highest BCUT2D eigenvalue weighted by molar-refractivity contribution is 6.21. The zero-order valence-electron chi connectivity index (χ0n) is 14.4. The van der Waals surface area contributed by atoms with Crippen LogP contribution in [0.5, 0.6) is 0 Å². The minimum atomic E-state index is -0.144. The Bertz CT molecular complexity index is 516. The Hall–Kier alpha value is -1.72. The van der Waals surface area contributed by atoms with E-state index < -0.39 is 0 Å². The topological polar surface area (TPSA) is 43.9 Å². The standard InChI is InChI=1S/C16H21N3O2.C2H6/c1-17-9-11-18(12-10-17)7-4-8-19-15(20)13-5-2-3-6-14(13)16(19)21;1-2/h2-3,5-6H,4,7-12H2,1H3;1-2H3. The van der Waals surface area contributed by atoms with Crippen molar-refractivity contribution in [1.29, 1.82) is 0 Å². The molecule has 1 aromatic rings. The molecule has 0 saturated carbocycles. The van der Waals surface area contributed by atoms with Gasteiger partial charge in [0.2, 0.25) is 0 Å². The van der Waals surface area contributed by atoms with E-state index in [-0.39, 0.29) is 11.8 Å². The molecule has 0 aliphatic carbocycles. The maximum Gasteiger partial charge on any atom is 0.261 e. The number of likely N-dealkylation sites (N-methyl/N-ethyl adjacent to an activating group) is 1. The lowest BCUT2D eigenvalue weighted by molar-refractivity contribution is 0.0643. The smallest absolute Gasteiger partial charge is 0.261 e. The van der Waals surface area contributed by atoms with E-state index >= 15 is 0 Å². The van der Waals surface area contributed by atoms with Crippen molar-refractivity contribution in [2.45, 2.75) is 20.3 Å². The Morgan fingerprint density at radius 2 is 1.39 bits per heavy atom. The SMILES string of the molecule is CC.CN1CCN(CCCN2C(=O)c3ccccc3C2=O)CC1. The van der Waals surface area contributed by atoms with Crippen molar-refractivity contribution in [3.8, 4) is 0 Å². The molecule has 0 N–H and O–H groups in total. The lowest BCUT2D eigenvalue weighted by Gasteiger charge is -2.32. The third kappa shape index (κ3) is 3.98. The number of carbonyl (C=O) groups is 2. The van der Waals surface area contributed by atoms with E-state index in [0.29, 0.717) is 17.7 Å². The first kappa shape index (κ1) is 17.6. The van der Waals surface area contributed by atoms with Gasteiger partial charge in [0, 0.05) is 32.7 Å². The molecule has 3 rings (SSSR count).